The van der Waals surface area contributed by atoms with Gasteiger partial charge in [0.25, 0.3) is 0 Å². The fourth-order valence-electron chi connectivity index (χ4n) is 1.79. The average Bonchev–Trinajstić information content (AvgIpc) is 2.07. The van der Waals surface area contributed by atoms with Crippen molar-refractivity contribution < 1.29 is 0 Å². The molecule has 2 heteroatoms. The highest BCUT2D eigenvalue weighted by Crippen LogP contribution is 2.32. The lowest BCUT2D eigenvalue weighted by molar-refractivity contribution is 0.287. The molecule has 0 aliphatic rings. The first-order valence-corrected chi connectivity index (χ1v) is 4.98. The van der Waals surface area contributed by atoms with E-state index in [1.54, 1.807) is 0 Å². The molecule has 0 saturated heterocycles. The van der Waals surface area contributed by atoms with Crippen molar-refractivity contribution in [3.05, 3.63) is 29.8 Å². The van der Waals surface area contributed by atoms with Crippen LogP contribution < -0.4 is 11.1 Å². The first-order chi connectivity index (χ1) is 6.45. The summed E-state index contributed by atoms with van der Waals surface area (Å²) in [7, 11) is 1.99. The molecule has 1 atom stereocenters. The van der Waals surface area contributed by atoms with Crippen molar-refractivity contribution in [1.82, 2.24) is 5.32 Å². The van der Waals surface area contributed by atoms with Crippen LogP contribution in [0.1, 0.15) is 32.4 Å². The van der Waals surface area contributed by atoms with Crippen LogP contribution in [0.25, 0.3) is 0 Å². The Labute approximate surface area is 86.5 Å². The summed E-state index contributed by atoms with van der Waals surface area (Å²) in [5.41, 5.74) is 7.97. The third kappa shape index (κ3) is 2.48. The smallest absolute Gasteiger partial charge is 0.0366 e. The molecule has 0 saturated carbocycles. The Balaban J connectivity index is 2.96. The quantitative estimate of drug-likeness (QED) is 0.707. The van der Waals surface area contributed by atoms with Gasteiger partial charge >= 0.3 is 0 Å². The number of rotatable bonds is 2. The van der Waals surface area contributed by atoms with Gasteiger partial charge in [0.2, 0.25) is 0 Å². The third-order valence-electron chi connectivity index (χ3n) is 2.42. The highest BCUT2D eigenvalue weighted by Gasteiger charge is 2.24. The molecule has 0 bridgehead atoms. The molecule has 0 amide bonds. The van der Waals surface area contributed by atoms with E-state index in [4.69, 9.17) is 5.73 Å². The number of hydrogen-bond acceptors (Lipinski definition) is 2. The van der Waals surface area contributed by atoms with E-state index in [9.17, 15) is 0 Å². The average molecular weight is 192 g/mol. The largest absolute Gasteiger partial charge is 0.399 e. The summed E-state index contributed by atoms with van der Waals surface area (Å²) in [6.07, 6.45) is 0. The number of hydrogen-bond donors (Lipinski definition) is 2. The summed E-state index contributed by atoms with van der Waals surface area (Å²) in [5, 5.41) is 3.34. The van der Waals surface area contributed by atoms with Crippen molar-refractivity contribution in [2.45, 2.75) is 26.8 Å². The van der Waals surface area contributed by atoms with E-state index in [0.717, 1.165) is 5.69 Å². The maximum absolute atomic E-state index is 5.66. The zero-order valence-electron chi connectivity index (χ0n) is 9.46. The molecule has 78 valence electrons. The molecule has 0 heterocycles. The molecule has 2 nitrogen and oxygen atoms in total. The molecular formula is C12H20N2. The van der Waals surface area contributed by atoms with Crippen LogP contribution >= 0.6 is 0 Å². The van der Waals surface area contributed by atoms with Gasteiger partial charge in [-0.15, -0.1) is 0 Å². The second-order valence-electron chi connectivity index (χ2n) is 4.75. The second-order valence-corrected chi connectivity index (χ2v) is 4.75. The zero-order chi connectivity index (χ0) is 10.8. The van der Waals surface area contributed by atoms with Crippen LogP contribution in [-0.4, -0.2) is 7.05 Å². The summed E-state index contributed by atoms with van der Waals surface area (Å²) in [6, 6.07) is 8.43. The standard InChI is InChI=1S/C12H20N2/c1-12(2,3)11(14-4)9-5-7-10(13)8-6-9/h5-8,11,14H,13H2,1-4H3. The molecule has 1 rings (SSSR count). The molecule has 0 fully saturated rings. The molecule has 0 radical (unpaired) electrons. The van der Waals surface area contributed by atoms with Gasteiger partial charge in [0.05, 0.1) is 0 Å². The number of nitrogens with two attached hydrogens (primary N) is 1. The maximum atomic E-state index is 5.66. The minimum absolute atomic E-state index is 0.213. The number of nitrogen functional groups attached to an aromatic ring is 1. The van der Waals surface area contributed by atoms with Crippen molar-refractivity contribution in [1.29, 1.82) is 0 Å². The lowest BCUT2D eigenvalue weighted by Crippen LogP contribution is -2.29. The Hall–Kier alpha value is -1.02. The summed E-state index contributed by atoms with van der Waals surface area (Å²) in [4.78, 5) is 0. The van der Waals surface area contributed by atoms with Gasteiger partial charge in [0.15, 0.2) is 0 Å². The van der Waals surface area contributed by atoms with Crippen molar-refractivity contribution in [3.63, 3.8) is 0 Å². The topological polar surface area (TPSA) is 38.0 Å². The lowest BCUT2D eigenvalue weighted by atomic mass is 9.82. The molecule has 0 aliphatic carbocycles. The summed E-state index contributed by atoms with van der Waals surface area (Å²) in [5.74, 6) is 0. The number of benzene rings is 1. The summed E-state index contributed by atoms with van der Waals surface area (Å²) in [6.45, 7) is 6.68. The highest BCUT2D eigenvalue weighted by molar-refractivity contribution is 5.40. The molecule has 1 unspecified atom stereocenters. The molecule has 14 heavy (non-hydrogen) atoms. The van der Waals surface area contributed by atoms with Crippen molar-refractivity contribution in [2.75, 3.05) is 12.8 Å². The van der Waals surface area contributed by atoms with Crippen LogP contribution in [0.2, 0.25) is 0 Å². The van der Waals surface area contributed by atoms with Gasteiger partial charge in [-0.25, -0.2) is 0 Å². The molecule has 0 spiro atoms. The van der Waals surface area contributed by atoms with Gasteiger partial charge in [-0.05, 0) is 30.2 Å². The van der Waals surface area contributed by atoms with Gasteiger partial charge in [-0.3, -0.25) is 0 Å². The van der Waals surface area contributed by atoms with Gasteiger partial charge in [-0.2, -0.15) is 0 Å². The van der Waals surface area contributed by atoms with E-state index in [1.807, 2.05) is 19.2 Å². The maximum Gasteiger partial charge on any atom is 0.0366 e. The Kier molecular flexibility index (Phi) is 3.17. The Bertz CT molecular complexity index is 282. The van der Waals surface area contributed by atoms with Crippen LogP contribution in [0.3, 0.4) is 0 Å². The van der Waals surface area contributed by atoms with E-state index in [2.05, 4.69) is 38.2 Å². The monoisotopic (exact) mass is 192 g/mol. The van der Waals surface area contributed by atoms with Crippen molar-refractivity contribution in [2.24, 2.45) is 5.41 Å². The van der Waals surface area contributed by atoms with E-state index in [1.165, 1.54) is 5.56 Å². The molecular weight excluding hydrogens is 172 g/mol. The summed E-state index contributed by atoms with van der Waals surface area (Å²) >= 11 is 0. The third-order valence-corrected chi connectivity index (χ3v) is 2.42. The SMILES string of the molecule is CNC(c1ccc(N)cc1)C(C)(C)C. The highest BCUT2D eigenvalue weighted by atomic mass is 14.9. The van der Waals surface area contributed by atoms with E-state index in [0.29, 0.717) is 6.04 Å². The van der Waals surface area contributed by atoms with Crippen LogP contribution in [0.15, 0.2) is 24.3 Å². The lowest BCUT2D eigenvalue weighted by Gasteiger charge is -2.30. The number of nitrogens with one attached hydrogen (secondary N) is 1. The molecule has 1 aromatic rings. The van der Waals surface area contributed by atoms with Gasteiger partial charge in [-0.1, -0.05) is 32.9 Å². The Morgan fingerprint density at radius 1 is 1.14 bits per heavy atom. The van der Waals surface area contributed by atoms with Crippen LogP contribution in [-0.2, 0) is 0 Å². The molecule has 3 N–H and O–H groups in total. The predicted molar refractivity (Wildman–Crippen MR) is 62.1 cm³/mol. The van der Waals surface area contributed by atoms with E-state index in [-0.39, 0.29) is 5.41 Å². The predicted octanol–water partition coefficient (Wildman–Crippen LogP) is 2.58. The molecule has 0 aliphatic heterocycles. The Morgan fingerprint density at radius 2 is 1.64 bits per heavy atom. The summed E-state index contributed by atoms with van der Waals surface area (Å²) < 4.78 is 0. The van der Waals surface area contributed by atoms with Gasteiger partial charge in [0, 0.05) is 11.7 Å². The minimum atomic E-state index is 0.213. The van der Waals surface area contributed by atoms with Crippen LogP contribution in [0.4, 0.5) is 5.69 Å². The van der Waals surface area contributed by atoms with Gasteiger partial charge < -0.3 is 11.1 Å². The molecule has 1 aromatic carbocycles. The normalized spacial score (nSPS) is 14.0. The fraction of sp³-hybridized carbons (Fsp3) is 0.500. The first kappa shape index (κ1) is 11.1. The van der Waals surface area contributed by atoms with E-state index >= 15 is 0 Å². The Morgan fingerprint density at radius 3 is 2.00 bits per heavy atom. The second kappa shape index (κ2) is 4.01. The van der Waals surface area contributed by atoms with Crippen LogP contribution in [0.5, 0.6) is 0 Å². The van der Waals surface area contributed by atoms with Gasteiger partial charge in [0.1, 0.15) is 0 Å². The van der Waals surface area contributed by atoms with Crippen LogP contribution in [0, 0.1) is 5.41 Å². The van der Waals surface area contributed by atoms with Crippen molar-refractivity contribution >= 4 is 5.69 Å². The fourth-order valence-corrected chi connectivity index (χ4v) is 1.79. The van der Waals surface area contributed by atoms with Crippen molar-refractivity contribution in [3.8, 4) is 0 Å². The minimum Gasteiger partial charge on any atom is -0.399 e. The first-order valence-electron chi connectivity index (χ1n) is 4.98. The molecule has 0 aromatic heterocycles. The zero-order valence-corrected chi connectivity index (χ0v) is 9.46. The number of anilines is 1. The van der Waals surface area contributed by atoms with E-state index < -0.39 is 0 Å².